The van der Waals surface area contributed by atoms with E-state index in [9.17, 15) is 4.79 Å². The van der Waals surface area contributed by atoms with Crippen LogP contribution in [0, 0.1) is 17.8 Å². The van der Waals surface area contributed by atoms with Crippen LogP contribution in [-0.2, 0) is 4.79 Å². The summed E-state index contributed by atoms with van der Waals surface area (Å²) in [6.45, 7) is 2.01. The minimum Gasteiger partial charge on any atom is -0.342 e. The molecule has 1 saturated heterocycles. The molecule has 2 aliphatic carbocycles. The van der Waals surface area contributed by atoms with Crippen molar-refractivity contribution in [2.24, 2.45) is 23.5 Å². The van der Waals surface area contributed by atoms with E-state index in [1.54, 1.807) is 0 Å². The minimum atomic E-state index is 0.387. The van der Waals surface area contributed by atoms with Crippen LogP contribution in [0.15, 0.2) is 0 Å². The number of carbonyl (C=O) groups is 1. The van der Waals surface area contributed by atoms with Gasteiger partial charge in [-0.15, -0.1) is 0 Å². The first-order valence-electron chi connectivity index (χ1n) is 7.25. The third kappa shape index (κ3) is 2.35. The van der Waals surface area contributed by atoms with Gasteiger partial charge in [0.15, 0.2) is 0 Å². The number of amides is 1. The summed E-state index contributed by atoms with van der Waals surface area (Å²) in [6, 6.07) is 0.387. The highest BCUT2D eigenvalue weighted by Gasteiger charge is 2.38. The molecule has 1 unspecified atom stereocenters. The molecule has 0 aromatic heterocycles. The predicted octanol–water partition coefficient (Wildman–Crippen LogP) is 1.76. The van der Waals surface area contributed by atoms with Crippen LogP contribution in [0.25, 0.3) is 0 Å². The number of carbonyl (C=O) groups excluding carboxylic acids is 1. The number of likely N-dealkylation sites (tertiary alicyclic amines) is 1. The van der Waals surface area contributed by atoms with E-state index < -0.39 is 0 Å². The highest BCUT2D eigenvalue weighted by Crippen LogP contribution is 2.37. The summed E-state index contributed by atoms with van der Waals surface area (Å²) in [5.74, 6) is 2.56. The molecule has 17 heavy (non-hydrogen) atoms. The molecule has 3 nitrogen and oxygen atoms in total. The molecule has 0 aromatic rings. The first-order chi connectivity index (χ1) is 8.22. The van der Waals surface area contributed by atoms with E-state index >= 15 is 0 Å². The monoisotopic (exact) mass is 236 g/mol. The number of hydrogen-bond donors (Lipinski definition) is 1. The minimum absolute atomic E-state index is 0.387. The highest BCUT2D eigenvalue weighted by molar-refractivity contribution is 5.76. The normalized spacial score (nSPS) is 37.7. The molecule has 0 aromatic carbocycles. The SMILES string of the molecule is NC1CC[C@@H]2CN(C(=O)CC3CCC3)C[C@@H]2C1. The van der Waals surface area contributed by atoms with Gasteiger partial charge in [0.05, 0.1) is 0 Å². The zero-order chi connectivity index (χ0) is 11.8. The highest BCUT2D eigenvalue weighted by atomic mass is 16.2. The Bertz CT molecular complexity index is 301. The molecular weight excluding hydrogens is 212 g/mol. The van der Waals surface area contributed by atoms with Crippen molar-refractivity contribution < 1.29 is 4.79 Å². The molecule has 2 saturated carbocycles. The van der Waals surface area contributed by atoms with E-state index in [0.717, 1.165) is 38.3 Å². The van der Waals surface area contributed by atoms with E-state index in [2.05, 4.69) is 4.90 Å². The Morgan fingerprint density at radius 1 is 1.12 bits per heavy atom. The van der Waals surface area contributed by atoms with Crippen LogP contribution in [0.4, 0.5) is 0 Å². The Kier molecular flexibility index (Phi) is 3.12. The fourth-order valence-electron chi connectivity index (χ4n) is 3.74. The third-order valence-corrected chi connectivity index (χ3v) is 5.13. The van der Waals surface area contributed by atoms with Crippen molar-refractivity contribution in [3.05, 3.63) is 0 Å². The Hall–Kier alpha value is -0.570. The lowest BCUT2D eigenvalue weighted by atomic mass is 9.79. The third-order valence-electron chi connectivity index (χ3n) is 5.13. The summed E-state index contributed by atoms with van der Waals surface area (Å²) in [5, 5.41) is 0. The number of hydrogen-bond acceptors (Lipinski definition) is 2. The van der Waals surface area contributed by atoms with E-state index in [1.807, 2.05) is 0 Å². The second-order valence-electron chi connectivity index (χ2n) is 6.39. The zero-order valence-corrected chi connectivity index (χ0v) is 10.6. The summed E-state index contributed by atoms with van der Waals surface area (Å²) in [5.41, 5.74) is 6.02. The van der Waals surface area contributed by atoms with Gasteiger partial charge in [0.2, 0.25) is 5.91 Å². The Morgan fingerprint density at radius 2 is 1.88 bits per heavy atom. The Balaban J connectivity index is 1.53. The van der Waals surface area contributed by atoms with Crippen molar-refractivity contribution in [2.75, 3.05) is 13.1 Å². The lowest BCUT2D eigenvalue weighted by molar-refractivity contribution is -0.132. The van der Waals surface area contributed by atoms with Crippen molar-refractivity contribution in [1.29, 1.82) is 0 Å². The average Bonchev–Trinajstić information content (AvgIpc) is 2.65. The van der Waals surface area contributed by atoms with Gasteiger partial charge in [-0.25, -0.2) is 0 Å². The van der Waals surface area contributed by atoms with Crippen LogP contribution in [0.5, 0.6) is 0 Å². The van der Waals surface area contributed by atoms with Gasteiger partial charge in [-0.2, -0.15) is 0 Å². The maximum Gasteiger partial charge on any atom is 0.222 e. The topological polar surface area (TPSA) is 46.3 Å². The van der Waals surface area contributed by atoms with E-state index in [-0.39, 0.29) is 0 Å². The van der Waals surface area contributed by atoms with Crippen molar-refractivity contribution in [3.63, 3.8) is 0 Å². The molecule has 1 aliphatic heterocycles. The van der Waals surface area contributed by atoms with Gasteiger partial charge in [-0.1, -0.05) is 6.42 Å². The van der Waals surface area contributed by atoms with E-state index in [1.165, 1.54) is 25.7 Å². The lowest BCUT2D eigenvalue weighted by Gasteiger charge is -2.27. The van der Waals surface area contributed by atoms with Crippen molar-refractivity contribution in [3.8, 4) is 0 Å². The molecule has 3 fully saturated rings. The maximum atomic E-state index is 12.2. The maximum absolute atomic E-state index is 12.2. The number of nitrogens with zero attached hydrogens (tertiary/aromatic N) is 1. The number of rotatable bonds is 2. The first-order valence-corrected chi connectivity index (χ1v) is 7.25. The van der Waals surface area contributed by atoms with Crippen LogP contribution in [0.1, 0.15) is 44.9 Å². The van der Waals surface area contributed by atoms with Gasteiger partial charge < -0.3 is 10.6 Å². The number of nitrogens with two attached hydrogens (primary N) is 1. The summed E-state index contributed by atoms with van der Waals surface area (Å²) in [7, 11) is 0. The fourth-order valence-corrected chi connectivity index (χ4v) is 3.74. The molecule has 3 atom stereocenters. The van der Waals surface area contributed by atoms with Crippen LogP contribution in [0.3, 0.4) is 0 Å². The molecule has 3 heteroatoms. The Morgan fingerprint density at radius 3 is 2.59 bits per heavy atom. The summed E-state index contributed by atoms with van der Waals surface area (Å²) in [6.07, 6.45) is 8.22. The lowest BCUT2D eigenvalue weighted by Crippen LogP contribution is -2.33. The molecule has 0 radical (unpaired) electrons. The van der Waals surface area contributed by atoms with Gasteiger partial charge in [-0.05, 0) is 49.9 Å². The molecule has 0 spiro atoms. The average molecular weight is 236 g/mol. The van der Waals surface area contributed by atoms with Crippen LogP contribution in [0.2, 0.25) is 0 Å². The zero-order valence-electron chi connectivity index (χ0n) is 10.6. The van der Waals surface area contributed by atoms with E-state index in [0.29, 0.717) is 23.8 Å². The van der Waals surface area contributed by atoms with Crippen LogP contribution in [-0.4, -0.2) is 29.9 Å². The van der Waals surface area contributed by atoms with Crippen molar-refractivity contribution in [1.82, 2.24) is 4.90 Å². The van der Waals surface area contributed by atoms with E-state index in [4.69, 9.17) is 5.73 Å². The molecular formula is C14H24N2O. The van der Waals surface area contributed by atoms with Crippen molar-refractivity contribution >= 4 is 5.91 Å². The fraction of sp³-hybridized carbons (Fsp3) is 0.929. The molecule has 3 rings (SSSR count). The number of fused-ring (bicyclic) bond motifs is 1. The van der Waals surface area contributed by atoms with Gasteiger partial charge in [0.1, 0.15) is 0 Å². The van der Waals surface area contributed by atoms with Crippen LogP contribution >= 0.6 is 0 Å². The second-order valence-corrected chi connectivity index (χ2v) is 6.39. The van der Waals surface area contributed by atoms with Gasteiger partial charge >= 0.3 is 0 Å². The first kappa shape index (κ1) is 11.5. The smallest absolute Gasteiger partial charge is 0.222 e. The summed E-state index contributed by atoms with van der Waals surface area (Å²) in [4.78, 5) is 14.3. The summed E-state index contributed by atoms with van der Waals surface area (Å²) >= 11 is 0. The molecule has 2 N–H and O–H groups in total. The standard InChI is InChI=1S/C14H24N2O/c15-13-5-4-11-8-16(9-12(11)7-13)14(17)6-10-2-1-3-10/h10-13H,1-9,15H2/t11-,12+,13?/m1/s1. The molecule has 1 heterocycles. The molecule has 0 bridgehead atoms. The summed E-state index contributed by atoms with van der Waals surface area (Å²) < 4.78 is 0. The predicted molar refractivity (Wildman–Crippen MR) is 67.3 cm³/mol. The second kappa shape index (κ2) is 4.60. The quantitative estimate of drug-likeness (QED) is 0.794. The van der Waals surface area contributed by atoms with Gasteiger partial charge in [-0.3, -0.25) is 4.79 Å². The Labute approximate surface area is 104 Å². The van der Waals surface area contributed by atoms with Crippen LogP contribution < -0.4 is 5.73 Å². The molecule has 3 aliphatic rings. The molecule has 96 valence electrons. The largest absolute Gasteiger partial charge is 0.342 e. The van der Waals surface area contributed by atoms with Gasteiger partial charge in [0, 0.05) is 25.6 Å². The molecule has 1 amide bonds. The van der Waals surface area contributed by atoms with Gasteiger partial charge in [0.25, 0.3) is 0 Å². The van der Waals surface area contributed by atoms with Crippen molar-refractivity contribution in [2.45, 2.75) is 51.0 Å².